The zero-order chi connectivity index (χ0) is 12.9. The minimum Gasteiger partial charge on any atom is -0.398 e. The molecule has 0 N–H and O–H groups in total. The van der Waals surface area contributed by atoms with Crippen LogP contribution in [-0.2, 0) is 23.2 Å². The van der Waals surface area contributed by atoms with E-state index in [1.54, 1.807) is 14.2 Å². The Bertz CT molecular complexity index is 322. The van der Waals surface area contributed by atoms with Crippen LogP contribution >= 0.6 is 0 Å². The van der Waals surface area contributed by atoms with E-state index in [1.165, 1.54) is 0 Å². The number of ether oxygens (including phenoxy) is 1. The molecule has 96 valence electrons. The molecule has 1 atom stereocenters. The Morgan fingerprint density at radius 3 is 2.47 bits per heavy atom. The molecule has 0 saturated carbocycles. The van der Waals surface area contributed by atoms with Gasteiger partial charge in [0.2, 0.25) is 0 Å². The highest BCUT2D eigenvalue weighted by atomic mass is 28.4. The van der Waals surface area contributed by atoms with Crippen molar-refractivity contribution in [2.45, 2.75) is 25.4 Å². The maximum absolute atomic E-state index is 11.2. The third kappa shape index (κ3) is 4.07. The standard InChI is InChI=1S/C11H18O5Si/c1-14-17(3,15-2)7-5-4-6-9-8-10(12)16-11(9)13/h4-5,9H,6-8H2,1-3H3. The van der Waals surface area contributed by atoms with Crippen LogP contribution in [0, 0.1) is 5.92 Å². The van der Waals surface area contributed by atoms with E-state index in [1.807, 2.05) is 18.7 Å². The average Bonchev–Trinajstić information content (AvgIpc) is 2.63. The van der Waals surface area contributed by atoms with Crippen molar-refractivity contribution in [3.8, 4) is 0 Å². The van der Waals surface area contributed by atoms with Crippen molar-refractivity contribution in [1.82, 2.24) is 0 Å². The number of carbonyl (C=O) groups excluding carboxylic acids is 2. The van der Waals surface area contributed by atoms with Crippen molar-refractivity contribution < 1.29 is 23.2 Å². The number of hydrogen-bond donors (Lipinski definition) is 0. The second-order valence-corrected chi connectivity index (χ2v) is 7.64. The van der Waals surface area contributed by atoms with Gasteiger partial charge in [-0.3, -0.25) is 9.59 Å². The molecule has 0 aromatic rings. The number of allylic oxidation sites excluding steroid dienone is 2. The summed E-state index contributed by atoms with van der Waals surface area (Å²) in [5.74, 6) is -1.17. The molecule has 0 bridgehead atoms. The van der Waals surface area contributed by atoms with Gasteiger partial charge in [-0.15, -0.1) is 0 Å². The van der Waals surface area contributed by atoms with E-state index in [9.17, 15) is 9.59 Å². The molecule has 1 aliphatic rings. The summed E-state index contributed by atoms with van der Waals surface area (Å²) >= 11 is 0. The predicted molar refractivity (Wildman–Crippen MR) is 63.4 cm³/mol. The Hall–Kier alpha value is -0.983. The van der Waals surface area contributed by atoms with Gasteiger partial charge >= 0.3 is 20.5 Å². The van der Waals surface area contributed by atoms with Crippen molar-refractivity contribution >= 4 is 20.5 Å². The summed E-state index contributed by atoms with van der Waals surface area (Å²) < 4.78 is 15.1. The zero-order valence-electron chi connectivity index (χ0n) is 10.4. The highest BCUT2D eigenvalue weighted by Gasteiger charge is 2.32. The fraction of sp³-hybridized carbons (Fsp3) is 0.636. The van der Waals surface area contributed by atoms with E-state index >= 15 is 0 Å². The summed E-state index contributed by atoms with van der Waals surface area (Å²) in [4.78, 5) is 22.0. The van der Waals surface area contributed by atoms with Crippen molar-refractivity contribution in [3.05, 3.63) is 12.2 Å². The average molecular weight is 258 g/mol. The molecule has 6 heteroatoms. The molecule has 0 aromatic heterocycles. The van der Waals surface area contributed by atoms with Crippen molar-refractivity contribution in [3.63, 3.8) is 0 Å². The second-order valence-electron chi connectivity index (χ2n) is 4.15. The van der Waals surface area contributed by atoms with Crippen LogP contribution < -0.4 is 0 Å². The molecular formula is C11H18O5Si. The van der Waals surface area contributed by atoms with Crippen LogP contribution in [0.15, 0.2) is 12.2 Å². The quantitative estimate of drug-likeness (QED) is 0.312. The van der Waals surface area contributed by atoms with Crippen LogP contribution in [0.1, 0.15) is 12.8 Å². The molecule has 1 saturated heterocycles. The lowest BCUT2D eigenvalue weighted by Gasteiger charge is -2.20. The maximum atomic E-state index is 11.2. The number of esters is 2. The largest absolute Gasteiger partial charge is 0.398 e. The fourth-order valence-corrected chi connectivity index (χ4v) is 2.60. The van der Waals surface area contributed by atoms with Crippen molar-refractivity contribution in [1.29, 1.82) is 0 Å². The van der Waals surface area contributed by atoms with E-state index in [4.69, 9.17) is 8.85 Å². The van der Waals surface area contributed by atoms with Gasteiger partial charge in [0.05, 0.1) is 12.3 Å². The molecule has 1 fully saturated rings. The normalized spacial score (nSPS) is 21.2. The van der Waals surface area contributed by atoms with Gasteiger partial charge in [-0.2, -0.15) is 0 Å². The molecule has 5 nitrogen and oxygen atoms in total. The van der Waals surface area contributed by atoms with Gasteiger partial charge < -0.3 is 13.6 Å². The van der Waals surface area contributed by atoms with Crippen molar-refractivity contribution in [2.24, 2.45) is 5.92 Å². The first kappa shape index (κ1) is 14.1. The van der Waals surface area contributed by atoms with E-state index in [0.717, 1.165) is 6.04 Å². The predicted octanol–water partition coefficient (Wildman–Crippen LogP) is 1.39. The lowest BCUT2D eigenvalue weighted by atomic mass is 10.0. The van der Waals surface area contributed by atoms with E-state index in [0.29, 0.717) is 6.42 Å². The Balaban J connectivity index is 2.36. The van der Waals surface area contributed by atoms with Crippen LogP contribution in [-0.4, -0.2) is 34.7 Å². The van der Waals surface area contributed by atoms with Gasteiger partial charge in [0.25, 0.3) is 0 Å². The van der Waals surface area contributed by atoms with Gasteiger partial charge in [0, 0.05) is 20.3 Å². The molecule has 1 heterocycles. The summed E-state index contributed by atoms with van der Waals surface area (Å²) in [5.41, 5.74) is 0. The van der Waals surface area contributed by atoms with Gasteiger partial charge in [-0.1, -0.05) is 12.2 Å². The summed E-state index contributed by atoms with van der Waals surface area (Å²) in [6, 6.07) is 0.718. The number of hydrogen-bond acceptors (Lipinski definition) is 5. The van der Waals surface area contributed by atoms with Crippen LogP contribution in [0.5, 0.6) is 0 Å². The highest BCUT2D eigenvalue weighted by Crippen LogP contribution is 2.20. The SMILES string of the molecule is CO[Si](C)(CC=CCC1CC(=O)OC1=O)OC. The Labute approximate surface area is 102 Å². The second kappa shape index (κ2) is 6.09. The molecule has 0 aliphatic carbocycles. The van der Waals surface area contributed by atoms with E-state index in [2.05, 4.69) is 4.74 Å². The topological polar surface area (TPSA) is 61.8 Å². The number of carbonyl (C=O) groups is 2. The van der Waals surface area contributed by atoms with Gasteiger partial charge in [0.1, 0.15) is 0 Å². The first-order valence-electron chi connectivity index (χ1n) is 5.50. The summed E-state index contributed by atoms with van der Waals surface area (Å²) in [7, 11) is 1.20. The molecule has 0 aromatic carbocycles. The Kier molecular flexibility index (Phi) is 5.04. The maximum Gasteiger partial charge on any atom is 0.338 e. The molecule has 0 amide bonds. The number of rotatable bonds is 6. The first-order valence-corrected chi connectivity index (χ1v) is 8.03. The van der Waals surface area contributed by atoms with Gasteiger partial charge in [0.15, 0.2) is 0 Å². The van der Waals surface area contributed by atoms with Crippen LogP contribution in [0.3, 0.4) is 0 Å². The molecular weight excluding hydrogens is 240 g/mol. The minimum absolute atomic E-state index is 0.187. The van der Waals surface area contributed by atoms with Crippen LogP contribution in [0.2, 0.25) is 12.6 Å². The van der Waals surface area contributed by atoms with Crippen LogP contribution in [0.4, 0.5) is 0 Å². The fourth-order valence-electron chi connectivity index (χ4n) is 1.51. The highest BCUT2D eigenvalue weighted by molar-refractivity contribution is 6.66. The van der Waals surface area contributed by atoms with E-state index < -0.39 is 20.5 Å². The first-order chi connectivity index (χ1) is 8.00. The van der Waals surface area contributed by atoms with Gasteiger partial charge in [-0.05, 0) is 13.0 Å². The summed E-state index contributed by atoms with van der Waals surface area (Å²) in [6.45, 7) is 1.96. The third-order valence-corrected chi connectivity index (χ3v) is 5.60. The molecule has 1 aliphatic heterocycles. The van der Waals surface area contributed by atoms with Crippen molar-refractivity contribution in [2.75, 3.05) is 14.2 Å². The monoisotopic (exact) mass is 258 g/mol. The molecule has 1 rings (SSSR count). The molecule has 0 spiro atoms. The minimum atomic E-state index is -2.07. The van der Waals surface area contributed by atoms with Gasteiger partial charge in [-0.25, -0.2) is 0 Å². The van der Waals surface area contributed by atoms with Crippen LogP contribution in [0.25, 0.3) is 0 Å². The Morgan fingerprint density at radius 1 is 1.35 bits per heavy atom. The lowest BCUT2D eigenvalue weighted by molar-refractivity contribution is -0.153. The molecule has 17 heavy (non-hydrogen) atoms. The summed E-state index contributed by atoms with van der Waals surface area (Å²) in [6.07, 6.45) is 4.54. The summed E-state index contributed by atoms with van der Waals surface area (Å²) in [5, 5.41) is 0. The number of cyclic esters (lactones) is 2. The lowest BCUT2D eigenvalue weighted by Crippen LogP contribution is -2.35. The molecule has 1 unspecified atom stereocenters. The van der Waals surface area contributed by atoms with E-state index in [-0.39, 0.29) is 12.3 Å². The molecule has 0 radical (unpaired) electrons. The Morgan fingerprint density at radius 2 is 2.00 bits per heavy atom. The third-order valence-electron chi connectivity index (χ3n) is 2.90. The zero-order valence-corrected chi connectivity index (χ0v) is 11.4. The smallest absolute Gasteiger partial charge is 0.338 e.